The summed E-state index contributed by atoms with van der Waals surface area (Å²) in [6.45, 7) is 5.94. The fourth-order valence-electron chi connectivity index (χ4n) is 4.00. The van der Waals surface area contributed by atoms with Crippen molar-refractivity contribution in [3.8, 4) is 5.75 Å². The van der Waals surface area contributed by atoms with Crippen LogP contribution in [-0.4, -0.2) is 44.8 Å². The van der Waals surface area contributed by atoms with Gasteiger partial charge in [0.05, 0.1) is 43.6 Å². The highest BCUT2D eigenvalue weighted by atomic mass is 16.5. The molecule has 0 aliphatic carbocycles. The van der Waals surface area contributed by atoms with Crippen LogP contribution in [0.25, 0.3) is 0 Å². The maximum atomic E-state index is 12.8. The molecule has 0 saturated carbocycles. The lowest BCUT2D eigenvalue weighted by Crippen LogP contribution is -3.16. The lowest BCUT2D eigenvalue weighted by atomic mass is 9.94. The van der Waals surface area contributed by atoms with E-state index in [1.165, 1.54) is 11.3 Å². The van der Waals surface area contributed by atoms with E-state index in [2.05, 4.69) is 17.6 Å². The van der Waals surface area contributed by atoms with Gasteiger partial charge in [-0.1, -0.05) is 12.1 Å². The van der Waals surface area contributed by atoms with Crippen LogP contribution in [0.2, 0.25) is 0 Å². The molecule has 0 spiro atoms. The van der Waals surface area contributed by atoms with Gasteiger partial charge in [0.15, 0.2) is 0 Å². The highest BCUT2D eigenvalue weighted by Gasteiger charge is 2.36. The first-order valence-electron chi connectivity index (χ1n) is 9.99. The summed E-state index contributed by atoms with van der Waals surface area (Å²) < 4.78 is 10.6. The number of hydrogen-bond donors (Lipinski definition) is 3. The number of rotatable bonds is 6. The van der Waals surface area contributed by atoms with Crippen molar-refractivity contribution in [2.75, 3.05) is 26.8 Å². The minimum absolute atomic E-state index is 0.284. The second-order valence-electron chi connectivity index (χ2n) is 7.40. The van der Waals surface area contributed by atoms with Crippen LogP contribution in [0.1, 0.15) is 44.7 Å². The highest BCUT2D eigenvalue weighted by Crippen LogP contribution is 2.28. The van der Waals surface area contributed by atoms with E-state index in [9.17, 15) is 9.59 Å². The average molecular weight is 388 g/mol. The molecule has 3 N–H and O–H groups in total. The fourth-order valence-corrected chi connectivity index (χ4v) is 4.00. The number of methoxy groups -OCH3 is 1. The van der Waals surface area contributed by atoms with Gasteiger partial charge in [0.2, 0.25) is 0 Å². The normalized spacial score (nSPS) is 25.0. The zero-order valence-corrected chi connectivity index (χ0v) is 16.8. The summed E-state index contributed by atoms with van der Waals surface area (Å²) in [4.78, 5) is 26.6. The summed E-state index contributed by atoms with van der Waals surface area (Å²) in [6, 6.07) is 7.02. The molecule has 7 nitrogen and oxygen atoms in total. The third kappa shape index (κ3) is 4.47. The van der Waals surface area contributed by atoms with E-state index in [-0.39, 0.29) is 12.6 Å². The Morgan fingerprint density at radius 2 is 2.00 bits per heavy atom. The predicted molar refractivity (Wildman–Crippen MR) is 105 cm³/mol. The number of nitrogens with one attached hydrogen (secondary N) is 3. The largest absolute Gasteiger partial charge is 0.497 e. The summed E-state index contributed by atoms with van der Waals surface area (Å²) >= 11 is 0. The van der Waals surface area contributed by atoms with Crippen molar-refractivity contribution in [1.82, 2.24) is 10.6 Å². The summed E-state index contributed by atoms with van der Waals surface area (Å²) in [5, 5.41) is 5.76. The number of hydrogen-bond acceptors (Lipinski definition) is 4. The molecule has 152 valence electrons. The number of likely N-dealkylation sites (tertiary alicyclic amines) is 1. The number of carbonyl (C=O) groups is 2. The Kier molecular flexibility index (Phi) is 6.57. The maximum absolute atomic E-state index is 12.8. The monoisotopic (exact) mass is 388 g/mol. The summed E-state index contributed by atoms with van der Waals surface area (Å²) in [5.41, 5.74) is 1.96. The van der Waals surface area contributed by atoms with Crippen LogP contribution in [0.15, 0.2) is 35.5 Å². The molecule has 0 radical (unpaired) electrons. The number of carbonyl (C=O) groups excluding carboxylic acids is 2. The molecule has 3 rings (SSSR count). The summed E-state index contributed by atoms with van der Waals surface area (Å²) in [7, 11) is 1.60. The number of amides is 2. The van der Waals surface area contributed by atoms with Crippen LogP contribution in [0.5, 0.6) is 5.75 Å². The van der Waals surface area contributed by atoms with Crippen molar-refractivity contribution in [2.45, 2.75) is 45.2 Å². The van der Waals surface area contributed by atoms with Crippen molar-refractivity contribution in [1.29, 1.82) is 0 Å². The minimum atomic E-state index is -0.548. The Labute approximate surface area is 166 Å². The van der Waals surface area contributed by atoms with Crippen LogP contribution in [-0.2, 0) is 9.53 Å². The number of piperidine rings is 1. The quantitative estimate of drug-likeness (QED) is 0.642. The summed E-state index contributed by atoms with van der Waals surface area (Å²) in [5.74, 6) is 0.326. The van der Waals surface area contributed by atoms with Gasteiger partial charge >= 0.3 is 12.0 Å². The second kappa shape index (κ2) is 9.10. The Hall–Kier alpha value is -2.54. The van der Waals surface area contributed by atoms with E-state index in [4.69, 9.17) is 9.47 Å². The number of benzene rings is 1. The molecule has 28 heavy (non-hydrogen) atoms. The predicted octanol–water partition coefficient (Wildman–Crippen LogP) is 1.32. The van der Waals surface area contributed by atoms with Gasteiger partial charge in [-0.05, 0) is 50.8 Å². The number of ether oxygens (including phenoxy) is 2. The average Bonchev–Trinajstić information content (AvgIpc) is 2.69. The Morgan fingerprint density at radius 3 is 2.64 bits per heavy atom. The minimum Gasteiger partial charge on any atom is -0.497 e. The van der Waals surface area contributed by atoms with Gasteiger partial charge in [0, 0.05) is 0 Å². The maximum Gasteiger partial charge on any atom is 0.338 e. The summed E-state index contributed by atoms with van der Waals surface area (Å²) in [6.07, 6.45) is 3.55. The molecule has 1 aromatic rings. The third-order valence-corrected chi connectivity index (χ3v) is 5.58. The Bertz CT molecular complexity index is 745. The van der Waals surface area contributed by atoms with Crippen molar-refractivity contribution < 1.29 is 24.0 Å². The molecular formula is C21H30N3O4+. The molecule has 3 atom stereocenters. The van der Waals surface area contributed by atoms with Gasteiger partial charge in [-0.2, -0.15) is 0 Å². The van der Waals surface area contributed by atoms with Gasteiger partial charge in [-0.15, -0.1) is 0 Å². The van der Waals surface area contributed by atoms with Gasteiger partial charge in [0.25, 0.3) is 0 Å². The van der Waals surface area contributed by atoms with E-state index >= 15 is 0 Å². The smallest absolute Gasteiger partial charge is 0.338 e. The lowest BCUT2D eigenvalue weighted by molar-refractivity contribution is -0.924. The van der Waals surface area contributed by atoms with E-state index in [0.29, 0.717) is 23.9 Å². The molecule has 2 heterocycles. The first-order valence-corrected chi connectivity index (χ1v) is 9.99. The number of urea groups is 1. The van der Waals surface area contributed by atoms with Crippen molar-refractivity contribution >= 4 is 12.0 Å². The standard InChI is InChI=1S/C21H29N3O4/c1-4-28-20(25)18-17(13-24-12-6-5-7-14(24)2)22-21(26)23-19(18)15-8-10-16(27-3)11-9-15/h8-11,14,19H,4-7,12-13H2,1-3H3,(H2,22,23,26)/p+1/t14-,19+/m0/s1. The fraction of sp³-hybridized carbons (Fsp3) is 0.524. The first kappa shape index (κ1) is 20.2. The van der Waals surface area contributed by atoms with Gasteiger partial charge in [-0.3, -0.25) is 0 Å². The topological polar surface area (TPSA) is 81.1 Å². The highest BCUT2D eigenvalue weighted by molar-refractivity contribution is 5.95. The van der Waals surface area contributed by atoms with Crippen molar-refractivity contribution in [3.05, 3.63) is 41.1 Å². The number of esters is 1. The van der Waals surface area contributed by atoms with Gasteiger partial charge in [0.1, 0.15) is 12.3 Å². The lowest BCUT2D eigenvalue weighted by Gasteiger charge is -2.34. The van der Waals surface area contributed by atoms with Gasteiger partial charge in [-0.25, -0.2) is 9.59 Å². The molecule has 2 aliphatic rings. The zero-order chi connectivity index (χ0) is 20.1. The molecule has 1 fully saturated rings. The van der Waals surface area contributed by atoms with E-state index in [1.807, 2.05) is 24.3 Å². The van der Waals surface area contributed by atoms with Crippen LogP contribution < -0.4 is 20.3 Å². The van der Waals surface area contributed by atoms with Crippen molar-refractivity contribution in [3.63, 3.8) is 0 Å². The van der Waals surface area contributed by atoms with E-state index in [1.54, 1.807) is 14.0 Å². The van der Waals surface area contributed by atoms with Gasteiger partial charge < -0.3 is 25.0 Å². The molecule has 1 unspecified atom stereocenters. The SMILES string of the molecule is CCOC(=O)C1=C(C[NH+]2CCCC[C@@H]2C)NC(=O)N[C@@H]1c1ccc(OC)cc1. The van der Waals surface area contributed by atoms with Crippen molar-refractivity contribution in [2.24, 2.45) is 0 Å². The van der Waals surface area contributed by atoms with Crippen LogP contribution in [0.4, 0.5) is 4.79 Å². The Morgan fingerprint density at radius 1 is 1.25 bits per heavy atom. The van der Waals surface area contributed by atoms with E-state index < -0.39 is 12.0 Å². The molecular weight excluding hydrogens is 358 g/mol. The second-order valence-corrected chi connectivity index (χ2v) is 7.40. The molecule has 2 aliphatic heterocycles. The number of quaternary nitrogens is 1. The molecule has 1 aromatic carbocycles. The third-order valence-electron chi connectivity index (χ3n) is 5.58. The van der Waals surface area contributed by atoms with Crippen LogP contribution in [0, 0.1) is 0 Å². The zero-order valence-electron chi connectivity index (χ0n) is 16.8. The van der Waals surface area contributed by atoms with Crippen LogP contribution in [0.3, 0.4) is 0 Å². The molecule has 7 heteroatoms. The molecule has 2 amide bonds. The molecule has 0 aromatic heterocycles. The van der Waals surface area contributed by atoms with Crippen LogP contribution >= 0.6 is 0 Å². The Balaban J connectivity index is 1.98. The molecule has 0 bridgehead atoms. The first-order chi connectivity index (χ1) is 13.5. The molecule has 1 saturated heterocycles. The van der Waals surface area contributed by atoms with E-state index in [0.717, 1.165) is 30.7 Å².